The minimum atomic E-state index is 0.200. The highest BCUT2D eigenvalue weighted by atomic mass is 16.5. The number of nitrogens with zero attached hydrogens (tertiary/aromatic N) is 4. The van der Waals surface area contributed by atoms with Crippen LogP contribution in [0.15, 0.2) is 0 Å². The van der Waals surface area contributed by atoms with Crippen molar-refractivity contribution >= 4 is 5.95 Å². The predicted octanol–water partition coefficient (Wildman–Crippen LogP) is -1.39. The fourth-order valence-electron chi connectivity index (χ4n) is 1.28. The fraction of sp³-hybridized carbons (Fsp3) is 0.667. The van der Waals surface area contributed by atoms with Crippen molar-refractivity contribution in [2.45, 2.75) is 0 Å². The molecule has 17 heavy (non-hydrogen) atoms. The van der Waals surface area contributed by atoms with Gasteiger partial charge in [-0.3, -0.25) is 0 Å². The molecule has 1 heterocycles. The Hall–Kier alpha value is -1.67. The first-order valence-corrected chi connectivity index (χ1v) is 5.24. The molecule has 0 radical (unpaired) electrons. The number of nitrogens with two attached hydrogens (primary N) is 2. The van der Waals surface area contributed by atoms with Crippen LogP contribution in [0.5, 0.6) is 12.0 Å². The molecule has 4 N–H and O–H groups in total. The molecule has 8 nitrogen and oxygen atoms in total. The van der Waals surface area contributed by atoms with Gasteiger partial charge in [-0.15, -0.1) is 4.98 Å². The Morgan fingerprint density at radius 3 is 1.76 bits per heavy atom. The number of anilines is 1. The highest BCUT2D eigenvalue weighted by Gasteiger charge is 2.13. The lowest BCUT2D eigenvalue weighted by molar-refractivity contribution is 0.340. The molecule has 0 atom stereocenters. The third-order valence-corrected chi connectivity index (χ3v) is 2.03. The Morgan fingerprint density at radius 2 is 1.41 bits per heavy atom. The molecule has 0 aliphatic carbocycles. The van der Waals surface area contributed by atoms with Gasteiger partial charge in [0.2, 0.25) is 5.95 Å². The maximum atomic E-state index is 5.52. The summed E-state index contributed by atoms with van der Waals surface area (Å²) in [7, 11) is 2.96. The summed E-state index contributed by atoms with van der Waals surface area (Å²) >= 11 is 0. The average molecular weight is 242 g/mol. The Bertz CT molecular complexity index is 320. The van der Waals surface area contributed by atoms with Crippen LogP contribution in [0.4, 0.5) is 5.95 Å². The number of ether oxygens (including phenoxy) is 2. The minimum absolute atomic E-state index is 0.200. The quantitative estimate of drug-likeness (QED) is 0.601. The zero-order valence-electron chi connectivity index (χ0n) is 10.1. The molecule has 96 valence electrons. The van der Waals surface area contributed by atoms with Crippen molar-refractivity contribution in [3.63, 3.8) is 0 Å². The zero-order valence-corrected chi connectivity index (χ0v) is 10.1. The van der Waals surface area contributed by atoms with E-state index < -0.39 is 0 Å². The Morgan fingerprint density at radius 1 is 0.941 bits per heavy atom. The largest absolute Gasteiger partial charge is 0.467 e. The van der Waals surface area contributed by atoms with Crippen molar-refractivity contribution in [1.82, 2.24) is 15.0 Å². The number of hydrogen-bond acceptors (Lipinski definition) is 8. The van der Waals surface area contributed by atoms with Gasteiger partial charge in [-0.25, -0.2) is 0 Å². The second-order valence-corrected chi connectivity index (χ2v) is 3.17. The predicted molar refractivity (Wildman–Crippen MR) is 63.3 cm³/mol. The first-order chi connectivity index (χ1) is 8.24. The Labute approximate surface area is 99.9 Å². The molecule has 0 amide bonds. The van der Waals surface area contributed by atoms with Crippen LogP contribution in [0.3, 0.4) is 0 Å². The highest BCUT2D eigenvalue weighted by molar-refractivity contribution is 5.32. The van der Waals surface area contributed by atoms with E-state index in [1.54, 1.807) is 0 Å². The molecule has 0 aliphatic rings. The van der Waals surface area contributed by atoms with Crippen molar-refractivity contribution in [2.75, 3.05) is 45.3 Å². The summed E-state index contributed by atoms with van der Waals surface area (Å²) < 4.78 is 9.94. The SMILES string of the molecule is COc1nc(OC)nc(N(CCN)CCN)n1. The van der Waals surface area contributed by atoms with Gasteiger partial charge in [-0.1, -0.05) is 0 Å². The minimum Gasteiger partial charge on any atom is -0.467 e. The molecule has 1 rings (SSSR count). The molecule has 0 spiro atoms. The smallest absolute Gasteiger partial charge is 0.324 e. The normalized spacial score (nSPS) is 10.1. The van der Waals surface area contributed by atoms with Crippen LogP contribution in [0, 0.1) is 0 Å². The number of methoxy groups -OCH3 is 2. The van der Waals surface area contributed by atoms with Crippen LogP contribution >= 0.6 is 0 Å². The summed E-state index contributed by atoms with van der Waals surface area (Å²) in [5, 5.41) is 0. The summed E-state index contributed by atoms with van der Waals surface area (Å²) in [6, 6.07) is 0.400. The van der Waals surface area contributed by atoms with Crippen molar-refractivity contribution in [3.05, 3.63) is 0 Å². The van der Waals surface area contributed by atoms with Gasteiger partial charge in [0.1, 0.15) is 0 Å². The second kappa shape index (κ2) is 6.81. The van der Waals surface area contributed by atoms with Gasteiger partial charge in [0.15, 0.2) is 0 Å². The fourth-order valence-corrected chi connectivity index (χ4v) is 1.28. The van der Waals surface area contributed by atoms with Crippen LogP contribution in [0.25, 0.3) is 0 Å². The van der Waals surface area contributed by atoms with Crippen LogP contribution in [0.1, 0.15) is 0 Å². The average Bonchev–Trinajstić information content (AvgIpc) is 2.37. The number of hydrogen-bond donors (Lipinski definition) is 2. The van der Waals surface area contributed by atoms with Gasteiger partial charge in [-0.2, -0.15) is 9.97 Å². The van der Waals surface area contributed by atoms with Gasteiger partial charge in [-0.05, 0) is 0 Å². The van der Waals surface area contributed by atoms with E-state index in [0.717, 1.165) is 0 Å². The molecule has 8 heteroatoms. The van der Waals surface area contributed by atoms with Crippen LogP contribution < -0.4 is 25.8 Å². The molecule has 1 aromatic rings. The molecule has 0 saturated carbocycles. The van der Waals surface area contributed by atoms with Gasteiger partial charge in [0.25, 0.3) is 0 Å². The van der Waals surface area contributed by atoms with Crippen molar-refractivity contribution < 1.29 is 9.47 Å². The van der Waals surface area contributed by atoms with E-state index in [4.69, 9.17) is 20.9 Å². The summed E-state index contributed by atoms with van der Waals surface area (Å²) in [6.45, 7) is 2.17. The van der Waals surface area contributed by atoms with E-state index in [0.29, 0.717) is 32.1 Å². The first-order valence-electron chi connectivity index (χ1n) is 5.24. The third kappa shape index (κ3) is 3.68. The number of rotatable bonds is 7. The topological polar surface area (TPSA) is 112 Å². The molecule has 0 unspecified atom stereocenters. The standard InChI is InChI=1S/C9H18N6O2/c1-16-8-12-7(13-9(14-8)17-2)15(5-3-10)6-4-11/h3-6,10-11H2,1-2H3. The molecular weight excluding hydrogens is 224 g/mol. The first kappa shape index (κ1) is 13.4. The van der Waals surface area contributed by atoms with Gasteiger partial charge in [0.05, 0.1) is 14.2 Å². The lowest BCUT2D eigenvalue weighted by Crippen LogP contribution is -2.35. The number of aromatic nitrogens is 3. The maximum Gasteiger partial charge on any atom is 0.324 e. The van der Waals surface area contributed by atoms with Gasteiger partial charge >= 0.3 is 12.0 Å². The molecule has 1 aromatic heterocycles. The molecule has 0 saturated heterocycles. The second-order valence-electron chi connectivity index (χ2n) is 3.17. The lowest BCUT2D eigenvalue weighted by Gasteiger charge is -2.21. The lowest BCUT2D eigenvalue weighted by atomic mass is 10.5. The van der Waals surface area contributed by atoms with Crippen LogP contribution in [0.2, 0.25) is 0 Å². The maximum absolute atomic E-state index is 5.52. The summed E-state index contributed by atoms with van der Waals surface area (Å²) in [5.74, 6) is 0.449. The van der Waals surface area contributed by atoms with Crippen LogP contribution in [-0.4, -0.2) is 55.4 Å². The Kier molecular flexibility index (Phi) is 5.37. The molecular formula is C9H18N6O2. The van der Waals surface area contributed by atoms with E-state index in [2.05, 4.69) is 15.0 Å². The summed E-state index contributed by atoms with van der Waals surface area (Å²) in [6.07, 6.45) is 0. The van der Waals surface area contributed by atoms with E-state index in [1.165, 1.54) is 14.2 Å². The van der Waals surface area contributed by atoms with Crippen LogP contribution in [-0.2, 0) is 0 Å². The molecule has 0 aromatic carbocycles. The molecule has 0 bridgehead atoms. The molecule has 0 aliphatic heterocycles. The Balaban J connectivity index is 2.99. The van der Waals surface area contributed by atoms with E-state index >= 15 is 0 Å². The van der Waals surface area contributed by atoms with E-state index in [9.17, 15) is 0 Å². The molecule has 0 fully saturated rings. The van der Waals surface area contributed by atoms with E-state index in [1.807, 2.05) is 4.90 Å². The van der Waals surface area contributed by atoms with Gasteiger partial charge < -0.3 is 25.8 Å². The van der Waals surface area contributed by atoms with Crippen molar-refractivity contribution in [2.24, 2.45) is 11.5 Å². The van der Waals surface area contributed by atoms with Crippen molar-refractivity contribution in [3.8, 4) is 12.0 Å². The van der Waals surface area contributed by atoms with E-state index in [-0.39, 0.29) is 12.0 Å². The summed E-state index contributed by atoms with van der Waals surface area (Å²) in [5.41, 5.74) is 11.0. The summed E-state index contributed by atoms with van der Waals surface area (Å²) in [4.78, 5) is 14.0. The zero-order chi connectivity index (χ0) is 12.7. The van der Waals surface area contributed by atoms with Gasteiger partial charge in [0, 0.05) is 26.2 Å². The third-order valence-electron chi connectivity index (χ3n) is 2.03. The monoisotopic (exact) mass is 242 g/mol. The van der Waals surface area contributed by atoms with Crippen molar-refractivity contribution in [1.29, 1.82) is 0 Å². The highest BCUT2D eigenvalue weighted by Crippen LogP contribution is 2.15.